The molecule has 0 aliphatic heterocycles. The lowest BCUT2D eigenvalue weighted by atomic mass is 9.95. The van der Waals surface area contributed by atoms with Crippen molar-refractivity contribution >= 4 is 11.9 Å². The minimum Gasteiger partial charge on any atom is -0.356 e. The van der Waals surface area contributed by atoms with Gasteiger partial charge in [0, 0.05) is 45.3 Å². The number of nitrogens with one attached hydrogen (secondary N) is 2. The molecule has 0 saturated heterocycles. The summed E-state index contributed by atoms with van der Waals surface area (Å²) in [5.41, 5.74) is 0. The predicted octanol–water partition coefficient (Wildman–Crippen LogP) is 2.31. The first kappa shape index (κ1) is 22.0. The van der Waals surface area contributed by atoms with Gasteiger partial charge in [0.2, 0.25) is 5.91 Å². The summed E-state index contributed by atoms with van der Waals surface area (Å²) in [5, 5.41) is 7.10. The lowest BCUT2D eigenvalue weighted by Gasteiger charge is -2.30. The number of aliphatic imine (C=N–C) groups is 1. The fourth-order valence-corrected chi connectivity index (χ4v) is 4.62. The first-order valence-corrected chi connectivity index (χ1v) is 10.8. The van der Waals surface area contributed by atoms with Crippen LogP contribution in [0.4, 0.5) is 0 Å². The van der Waals surface area contributed by atoms with Gasteiger partial charge in [-0.05, 0) is 65.2 Å². The highest BCUT2D eigenvalue weighted by molar-refractivity contribution is 5.85. The minimum atomic E-state index is 0.0369. The Kier molecular flexibility index (Phi) is 8.39. The first-order valence-electron chi connectivity index (χ1n) is 10.8. The Morgan fingerprint density at radius 2 is 1.81 bits per heavy atom. The third kappa shape index (κ3) is 6.66. The highest BCUT2D eigenvalue weighted by Gasteiger charge is 2.39. The Balaban J connectivity index is 1.85. The van der Waals surface area contributed by atoms with Crippen molar-refractivity contribution in [1.29, 1.82) is 0 Å². The summed E-state index contributed by atoms with van der Waals surface area (Å²) in [7, 11) is 3.56. The van der Waals surface area contributed by atoms with E-state index in [9.17, 15) is 4.79 Å². The van der Waals surface area contributed by atoms with Crippen LogP contribution in [0, 0.1) is 11.8 Å². The van der Waals surface area contributed by atoms with Gasteiger partial charge < -0.3 is 15.5 Å². The summed E-state index contributed by atoms with van der Waals surface area (Å²) in [6.07, 6.45) is 6.41. The molecule has 27 heavy (non-hydrogen) atoms. The third-order valence-corrected chi connectivity index (χ3v) is 6.14. The second-order valence-electron chi connectivity index (χ2n) is 9.08. The molecule has 2 saturated carbocycles. The van der Waals surface area contributed by atoms with Crippen LogP contribution in [0.15, 0.2) is 4.99 Å². The van der Waals surface area contributed by atoms with Gasteiger partial charge in [0.15, 0.2) is 5.96 Å². The van der Waals surface area contributed by atoms with Crippen molar-refractivity contribution in [2.45, 2.75) is 77.9 Å². The monoisotopic (exact) mass is 379 g/mol. The number of likely N-dealkylation sites (N-methyl/N-ethyl adjacent to an activating group) is 1. The molecule has 2 bridgehead atoms. The number of amides is 1. The Morgan fingerprint density at radius 1 is 1.11 bits per heavy atom. The second kappa shape index (κ2) is 10.3. The molecule has 156 valence electrons. The molecular formula is C21H41N5O. The van der Waals surface area contributed by atoms with Gasteiger partial charge in [0.1, 0.15) is 6.54 Å². The van der Waals surface area contributed by atoms with Gasteiger partial charge >= 0.3 is 0 Å². The van der Waals surface area contributed by atoms with E-state index in [1.54, 1.807) is 19.0 Å². The van der Waals surface area contributed by atoms with Gasteiger partial charge in [-0.15, -0.1) is 0 Å². The molecule has 2 aliphatic carbocycles. The number of fused-ring (bicyclic) bond motifs is 2. The summed E-state index contributed by atoms with van der Waals surface area (Å²) in [4.78, 5) is 20.6. The van der Waals surface area contributed by atoms with Crippen LogP contribution in [0.3, 0.4) is 0 Å². The fraction of sp³-hybridized carbons (Fsp3) is 0.905. The standard InChI is InChI=1S/C21H41N5O/c1-15(2)26(16(3)4)11-7-10-22-21(23-14-20(27)25(5)6)24-19-13-17-8-9-18(19)12-17/h15-19H,7-14H2,1-6H3,(H2,22,23,24). The third-order valence-electron chi connectivity index (χ3n) is 6.14. The highest BCUT2D eigenvalue weighted by Crippen LogP contribution is 2.44. The van der Waals surface area contributed by atoms with Gasteiger partial charge in [-0.1, -0.05) is 6.42 Å². The maximum Gasteiger partial charge on any atom is 0.243 e. The Morgan fingerprint density at radius 3 is 2.33 bits per heavy atom. The molecule has 0 spiro atoms. The SMILES string of the molecule is CC(C)N(CCCNC(=NCC(=O)N(C)C)NC1CC2CCC1C2)C(C)C. The summed E-state index contributed by atoms with van der Waals surface area (Å²) < 4.78 is 0. The van der Waals surface area contributed by atoms with Gasteiger partial charge in [-0.2, -0.15) is 0 Å². The van der Waals surface area contributed by atoms with Crippen molar-refractivity contribution in [1.82, 2.24) is 20.4 Å². The van der Waals surface area contributed by atoms with Crippen molar-refractivity contribution in [3.63, 3.8) is 0 Å². The van der Waals surface area contributed by atoms with Crippen molar-refractivity contribution < 1.29 is 4.79 Å². The van der Waals surface area contributed by atoms with Gasteiger partial charge in [-0.25, -0.2) is 4.99 Å². The van der Waals surface area contributed by atoms with Crippen LogP contribution in [-0.4, -0.2) is 73.5 Å². The number of rotatable bonds is 9. The number of hydrogen-bond donors (Lipinski definition) is 2. The summed E-state index contributed by atoms with van der Waals surface area (Å²) >= 11 is 0. The van der Waals surface area contributed by atoms with E-state index in [4.69, 9.17) is 0 Å². The Hall–Kier alpha value is -1.30. The molecule has 6 heteroatoms. The summed E-state index contributed by atoms with van der Waals surface area (Å²) in [6.45, 7) is 11.2. The smallest absolute Gasteiger partial charge is 0.243 e. The van der Waals surface area contributed by atoms with Crippen LogP contribution in [0.1, 0.15) is 59.8 Å². The fourth-order valence-electron chi connectivity index (χ4n) is 4.62. The molecule has 2 N–H and O–H groups in total. The van der Waals surface area contributed by atoms with Crippen molar-refractivity contribution in [2.24, 2.45) is 16.8 Å². The van der Waals surface area contributed by atoms with Crippen molar-refractivity contribution in [3.05, 3.63) is 0 Å². The molecule has 3 atom stereocenters. The maximum absolute atomic E-state index is 11.9. The Labute approximate surface area is 166 Å². The number of guanidine groups is 1. The zero-order valence-electron chi connectivity index (χ0n) is 18.3. The maximum atomic E-state index is 11.9. The van der Waals surface area contributed by atoms with E-state index in [1.807, 2.05) is 0 Å². The van der Waals surface area contributed by atoms with Crippen molar-refractivity contribution in [2.75, 3.05) is 33.7 Å². The van der Waals surface area contributed by atoms with E-state index in [0.717, 1.165) is 37.3 Å². The molecule has 0 aromatic carbocycles. The quantitative estimate of drug-likeness (QED) is 0.367. The molecule has 0 radical (unpaired) electrons. The average molecular weight is 380 g/mol. The number of nitrogens with zero attached hydrogens (tertiary/aromatic N) is 3. The zero-order chi connectivity index (χ0) is 20.0. The van der Waals surface area contributed by atoms with Crippen LogP contribution >= 0.6 is 0 Å². The van der Waals surface area contributed by atoms with Gasteiger partial charge in [0.05, 0.1) is 0 Å². The average Bonchev–Trinajstić information content (AvgIpc) is 3.20. The highest BCUT2D eigenvalue weighted by atomic mass is 16.2. The molecule has 3 unspecified atom stereocenters. The van der Waals surface area contributed by atoms with Crippen LogP contribution in [0.2, 0.25) is 0 Å². The number of carbonyl (C=O) groups is 1. The van der Waals surface area contributed by atoms with Gasteiger partial charge in [0.25, 0.3) is 0 Å². The number of hydrogen-bond acceptors (Lipinski definition) is 3. The van der Waals surface area contributed by atoms with E-state index < -0.39 is 0 Å². The molecule has 2 fully saturated rings. The lowest BCUT2D eigenvalue weighted by Crippen LogP contribution is -2.47. The van der Waals surface area contributed by atoms with Gasteiger partial charge in [-0.3, -0.25) is 9.69 Å². The van der Waals surface area contributed by atoms with E-state index in [1.165, 1.54) is 25.7 Å². The minimum absolute atomic E-state index is 0.0369. The van der Waals surface area contributed by atoms with Crippen LogP contribution in [0.25, 0.3) is 0 Å². The molecule has 6 nitrogen and oxygen atoms in total. The second-order valence-corrected chi connectivity index (χ2v) is 9.08. The normalized spacial score (nSPS) is 24.9. The van der Waals surface area contributed by atoms with Crippen molar-refractivity contribution in [3.8, 4) is 0 Å². The molecule has 2 rings (SSSR count). The first-order chi connectivity index (χ1) is 12.8. The number of carbonyl (C=O) groups excluding carboxylic acids is 1. The van der Waals surface area contributed by atoms with Crippen LogP contribution < -0.4 is 10.6 Å². The molecule has 0 aromatic heterocycles. The molecule has 0 aromatic rings. The van der Waals surface area contributed by atoms with E-state index in [2.05, 4.69) is 48.2 Å². The Bertz CT molecular complexity index is 495. The predicted molar refractivity (Wildman–Crippen MR) is 113 cm³/mol. The molecule has 2 aliphatic rings. The van der Waals surface area contributed by atoms with E-state index >= 15 is 0 Å². The molecule has 1 amide bonds. The molecule has 0 heterocycles. The summed E-state index contributed by atoms with van der Waals surface area (Å²) in [6, 6.07) is 1.64. The topological polar surface area (TPSA) is 60.0 Å². The van der Waals surface area contributed by atoms with Crippen LogP contribution in [-0.2, 0) is 4.79 Å². The zero-order valence-corrected chi connectivity index (χ0v) is 18.3. The molecular weight excluding hydrogens is 338 g/mol. The van der Waals surface area contributed by atoms with E-state index in [-0.39, 0.29) is 12.5 Å². The summed E-state index contributed by atoms with van der Waals surface area (Å²) in [5.74, 6) is 2.52. The lowest BCUT2D eigenvalue weighted by molar-refractivity contribution is -0.127. The largest absolute Gasteiger partial charge is 0.356 e. The van der Waals surface area contributed by atoms with E-state index in [0.29, 0.717) is 18.1 Å². The van der Waals surface area contributed by atoms with Crippen LogP contribution in [0.5, 0.6) is 0 Å².